The molecule has 0 heterocycles. The zero-order valence-electron chi connectivity index (χ0n) is 10.9. The number of allylic oxidation sites excluding steroid dienone is 1. The fourth-order valence-electron chi connectivity index (χ4n) is 1.71. The van der Waals surface area contributed by atoms with E-state index in [-0.39, 0.29) is 5.25 Å². The molecule has 0 aliphatic heterocycles. The lowest BCUT2D eigenvalue weighted by molar-refractivity contribution is 1.08. The van der Waals surface area contributed by atoms with Gasteiger partial charge in [0.25, 0.3) is 0 Å². The normalized spacial score (nSPS) is 12.2. The van der Waals surface area contributed by atoms with E-state index in [1.807, 2.05) is 42.5 Å². The van der Waals surface area contributed by atoms with Crippen molar-refractivity contribution in [3.05, 3.63) is 70.7 Å². The van der Waals surface area contributed by atoms with Crippen LogP contribution in [0.4, 0.5) is 0 Å². The fourth-order valence-corrected chi connectivity index (χ4v) is 3.18. The van der Waals surface area contributed by atoms with Gasteiger partial charge < -0.3 is 0 Å². The van der Waals surface area contributed by atoms with Crippen LogP contribution in [0, 0.1) is 11.3 Å². The molecule has 1 unspecified atom stereocenters. The Morgan fingerprint density at radius 2 is 1.80 bits per heavy atom. The number of hydrogen-bond donors (Lipinski definition) is 0. The van der Waals surface area contributed by atoms with Crippen LogP contribution in [0.15, 0.2) is 70.0 Å². The summed E-state index contributed by atoms with van der Waals surface area (Å²) in [6, 6.07) is 20.5. The van der Waals surface area contributed by atoms with E-state index in [1.165, 1.54) is 0 Å². The molecule has 0 spiro atoms. The molecule has 100 valence electrons. The van der Waals surface area contributed by atoms with Crippen LogP contribution in [0.2, 0.25) is 0 Å². The first-order chi connectivity index (χ1) is 9.79. The lowest BCUT2D eigenvalue weighted by Crippen LogP contribution is -1.96. The topological polar surface area (TPSA) is 23.8 Å². The molecular formula is C17H14BrNS. The van der Waals surface area contributed by atoms with E-state index in [9.17, 15) is 5.26 Å². The molecular weight excluding hydrogens is 330 g/mol. The molecule has 0 saturated heterocycles. The van der Waals surface area contributed by atoms with Gasteiger partial charge in [0.2, 0.25) is 0 Å². The molecule has 0 N–H and O–H groups in total. The number of thioether (sulfide) groups is 1. The largest absolute Gasteiger partial charge is 0.197 e. The first-order valence-electron chi connectivity index (χ1n) is 6.32. The monoisotopic (exact) mass is 343 g/mol. The first-order valence-corrected chi connectivity index (χ1v) is 7.99. The fraction of sp³-hybridized carbons (Fsp3) is 0.118. The highest BCUT2D eigenvalue weighted by atomic mass is 79.9. The van der Waals surface area contributed by atoms with Crippen LogP contribution in [0.5, 0.6) is 0 Å². The molecule has 1 nitrogen and oxygen atoms in total. The van der Waals surface area contributed by atoms with E-state index in [0.717, 1.165) is 21.4 Å². The van der Waals surface area contributed by atoms with E-state index >= 15 is 0 Å². The smallest absolute Gasteiger partial charge is 0.0998 e. The minimum Gasteiger partial charge on any atom is -0.197 e. The number of benzene rings is 2. The van der Waals surface area contributed by atoms with Crippen molar-refractivity contribution in [2.24, 2.45) is 0 Å². The molecule has 2 rings (SSSR count). The van der Waals surface area contributed by atoms with E-state index in [4.69, 9.17) is 0 Å². The lowest BCUT2D eigenvalue weighted by atomic mass is 10.2. The summed E-state index contributed by atoms with van der Waals surface area (Å²) in [5, 5.41) is 9.18. The van der Waals surface area contributed by atoms with Crippen LogP contribution in [-0.4, -0.2) is 5.25 Å². The molecule has 3 heteroatoms. The van der Waals surface area contributed by atoms with Crippen molar-refractivity contribution in [2.75, 3.05) is 0 Å². The lowest BCUT2D eigenvalue weighted by Gasteiger charge is -2.07. The molecule has 0 aliphatic carbocycles. The van der Waals surface area contributed by atoms with Crippen LogP contribution in [-0.2, 0) is 0 Å². The van der Waals surface area contributed by atoms with E-state index < -0.39 is 0 Å². The van der Waals surface area contributed by atoms with Gasteiger partial charge in [0, 0.05) is 9.37 Å². The Hall–Kier alpha value is -1.50. The summed E-state index contributed by atoms with van der Waals surface area (Å²) in [7, 11) is 0. The van der Waals surface area contributed by atoms with Crippen molar-refractivity contribution in [1.29, 1.82) is 5.26 Å². The molecule has 0 bridgehead atoms. The number of hydrogen-bond acceptors (Lipinski definition) is 2. The summed E-state index contributed by atoms with van der Waals surface area (Å²) in [4.78, 5) is 1.10. The van der Waals surface area contributed by atoms with Crippen molar-refractivity contribution in [3.63, 3.8) is 0 Å². The highest BCUT2D eigenvalue weighted by Crippen LogP contribution is 2.31. The minimum atomic E-state index is -0.0753. The summed E-state index contributed by atoms with van der Waals surface area (Å²) in [5.74, 6) is 0. The van der Waals surface area contributed by atoms with Crippen LogP contribution in [0.25, 0.3) is 6.08 Å². The third-order valence-corrected chi connectivity index (χ3v) is 4.86. The minimum absolute atomic E-state index is 0.0753. The van der Waals surface area contributed by atoms with Crippen molar-refractivity contribution in [2.45, 2.75) is 16.6 Å². The average Bonchev–Trinajstić information content (AvgIpc) is 2.49. The SMILES string of the molecule is N#CC(C/C=C/c1ccccc1)Sc1ccccc1Br. The first kappa shape index (κ1) is 14.9. The Kier molecular flexibility index (Phi) is 5.91. The van der Waals surface area contributed by atoms with Gasteiger partial charge in [-0.25, -0.2) is 0 Å². The predicted molar refractivity (Wildman–Crippen MR) is 89.5 cm³/mol. The highest BCUT2D eigenvalue weighted by molar-refractivity contribution is 9.10. The Labute approximate surface area is 132 Å². The van der Waals surface area contributed by atoms with Crippen molar-refractivity contribution < 1.29 is 0 Å². The van der Waals surface area contributed by atoms with Gasteiger partial charge in [-0.1, -0.05) is 54.6 Å². The summed E-state index contributed by atoms with van der Waals surface area (Å²) in [6.07, 6.45) is 4.86. The molecule has 0 saturated carbocycles. The van der Waals surface area contributed by atoms with Gasteiger partial charge in [0.15, 0.2) is 0 Å². The molecule has 0 aromatic heterocycles. The van der Waals surface area contributed by atoms with Gasteiger partial charge in [0.1, 0.15) is 0 Å². The molecule has 0 aliphatic rings. The summed E-state index contributed by atoms with van der Waals surface area (Å²) in [5.41, 5.74) is 1.16. The van der Waals surface area contributed by atoms with Crippen molar-refractivity contribution in [3.8, 4) is 6.07 Å². The van der Waals surface area contributed by atoms with Gasteiger partial charge in [-0.05, 0) is 40.0 Å². The standard InChI is InChI=1S/C17H14BrNS/c18-16-11-4-5-12-17(16)20-15(13-19)10-6-9-14-7-2-1-3-8-14/h1-9,11-12,15H,10H2/b9-6+. The zero-order chi connectivity index (χ0) is 14.2. The highest BCUT2D eigenvalue weighted by Gasteiger charge is 2.09. The number of nitriles is 1. The zero-order valence-corrected chi connectivity index (χ0v) is 13.3. The quantitative estimate of drug-likeness (QED) is 0.665. The van der Waals surface area contributed by atoms with Crippen LogP contribution >= 0.6 is 27.7 Å². The van der Waals surface area contributed by atoms with Crippen molar-refractivity contribution >= 4 is 33.8 Å². The maximum absolute atomic E-state index is 9.26. The maximum Gasteiger partial charge on any atom is 0.0998 e. The Balaban J connectivity index is 1.95. The van der Waals surface area contributed by atoms with Gasteiger partial charge in [-0.15, -0.1) is 11.8 Å². The second-order valence-electron chi connectivity index (χ2n) is 4.21. The number of halogens is 1. The Morgan fingerprint density at radius 1 is 1.10 bits per heavy atom. The maximum atomic E-state index is 9.26. The van der Waals surface area contributed by atoms with Crippen LogP contribution < -0.4 is 0 Å². The molecule has 0 fully saturated rings. The van der Waals surface area contributed by atoms with Crippen LogP contribution in [0.3, 0.4) is 0 Å². The van der Waals surface area contributed by atoms with E-state index in [1.54, 1.807) is 11.8 Å². The third-order valence-electron chi connectivity index (χ3n) is 2.71. The average molecular weight is 344 g/mol. The van der Waals surface area contributed by atoms with Gasteiger partial charge in [0.05, 0.1) is 11.3 Å². The number of nitrogens with zero attached hydrogens (tertiary/aromatic N) is 1. The second kappa shape index (κ2) is 7.94. The third kappa shape index (κ3) is 4.56. The number of rotatable bonds is 5. The Morgan fingerprint density at radius 3 is 2.50 bits per heavy atom. The molecule has 1 atom stereocenters. The van der Waals surface area contributed by atoms with Gasteiger partial charge in [-0.2, -0.15) is 5.26 Å². The second-order valence-corrected chi connectivity index (χ2v) is 6.31. The molecule has 0 amide bonds. The summed E-state index contributed by atoms with van der Waals surface area (Å²) >= 11 is 5.10. The van der Waals surface area contributed by atoms with Crippen LogP contribution in [0.1, 0.15) is 12.0 Å². The summed E-state index contributed by atoms with van der Waals surface area (Å²) in [6.45, 7) is 0. The molecule has 2 aromatic rings. The Bertz CT molecular complexity index is 616. The van der Waals surface area contributed by atoms with Gasteiger partial charge in [-0.3, -0.25) is 0 Å². The molecule has 2 aromatic carbocycles. The van der Waals surface area contributed by atoms with Crippen molar-refractivity contribution in [1.82, 2.24) is 0 Å². The summed E-state index contributed by atoms with van der Waals surface area (Å²) < 4.78 is 1.04. The van der Waals surface area contributed by atoms with E-state index in [2.05, 4.69) is 46.3 Å². The molecule has 0 radical (unpaired) electrons. The predicted octanol–water partition coefficient (Wildman–Crippen LogP) is 5.54. The van der Waals surface area contributed by atoms with E-state index in [0.29, 0.717) is 0 Å². The molecule has 20 heavy (non-hydrogen) atoms. The van der Waals surface area contributed by atoms with Gasteiger partial charge >= 0.3 is 0 Å².